The van der Waals surface area contributed by atoms with E-state index in [-0.39, 0.29) is 0 Å². The summed E-state index contributed by atoms with van der Waals surface area (Å²) in [4.78, 5) is 11.1. The van der Waals surface area contributed by atoms with Crippen LogP contribution >= 0.6 is 0 Å². The zero-order valence-electron chi connectivity index (χ0n) is 10.8. The Morgan fingerprint density at radius 2 is 2.06 bits per heavy atom. The predicted octanol–water partition coefficient (Wildman–Crippen LogP) is 0.202. The molecule has 1 aromatic heterocycles. The van der Waals surface area contributed by atoms with Crippen LogP contribution in [0.15, 0.2) is 0 Å². The van der Waals surface area contributed by atoms with Gasteiger partial charge in [-0.3, -0.25) is 4.21 Å². The van der Waals surface area contributed by atoms with Gasteiger partial charge in [0.15, 0.2) is 0 Å². The Balaban J connectivity index is 2.33. The van der Waals surface area contributed by atoms with E-state index in [1.54, 1.807) is 0 Å². The normalized spacial score (nSPS) is 16.9. The first-order valence-electron chi connectivity index (χ1n) is 6.09. The first-order valence-corrected chi connectivity index (χ1v) is 7.58. The molecule has 100 valence electrons. The quantitative estimate of drug-likeness (QED) is 0.602. The van der Waals surface area contributed by atoms with Gasteiger partial charge in [0.2, 0.25) is 0 Å². The number of nitrogen functional groups attached to an aromatic ring is 1. The predicted molar refractivity (Wildman–Crippen MR) is 74.0 cm³/mol. The van der Waals surface area contributed by atoms with E-state index in [4.69, 9.17) is 5.84 Å². The van der Waals surface area contributed by atoms with Crippen molar-refractivity contribution in [3.05, 3.63) is 11.4 Å². The van der Waals surface area contributed by atoms with E-state index >= 15 is 0 Å². The lowest BCUT2D eigenvalue weighted by Gasteiger charge is -2.29. The molecule has 6 nitrogen and oxygen atoms in total. The van der Waals surface area contributed by atoms with Crippen LogP contribution in [0.4, 0.5) is 11.6 Å². The molecule has 1 aliphatic rings. The van der Waals surface area contributed by atoms with Crippen molar-refractivity contribution in [1.29, 1.82) is 0 Å². The first kappa shape index (κ1) is 13.2. The minimum Gasteiger partial charge on any atom is -0.354 e. The highest BCUT2D eigenvalue weighted by Gasteiger charge is 2.20. The van der Waals surface area contributed by atoms with Gasteiger partial charge in [-0.05, 0) is 6.92 Å². The molecule has 0 atom stereocenters. The molecule has 1 aromatic rings. The van der Waals surface area contributed by atoms with Gasteiger partial charge in [-0.25, -0.2) is 15.8 Å². The number of hydrogen-bond donors (Lipinski definition) is 2. The standard InChI is InChI=1S/C11H19N5OS/c1-3-9-13-10(15-12)8(2)11(14-9)16-4-6-18(17)7-5-16/h3-7,12H2,1-2H3,(H,13,14,15). The molecule has 2 rings (SSSR count). The van der Waals surface area contributed by atoms with Crippen LogP contribution in [-0.2, 0) is 17.2 Å². The minimum atomic E-state index is -0.681. The summed E-state index contributed by atoms with van der Waals surface area (Å²) >= 11 is 0. The molecule has 0 aromatic carbocycles. The van der Waals surface area contributed by atoms with Gasteiger partial charge < -0.3 is 10.3 Å². The van der Waals surface area contributed by atoms with Crippen LogP contribution in [0.25, 0.3) is 0 Å². The average molecular weight is 269 g/mol. The molecule has 0 spiro atoms. The smallest absolute Gasteiger partial charge is 0.148 e. The second-order valence-electron chi connectivity index (χ2n) is 4.27. The van der Waals surface area contributed by atoms with E-state index in [0.717, 1.165) is 36.7 Å². The zero-order valence-corrected chi connectivity index (χ0v) is 11.6. The fourth-order valence-corrected chi connectivity index (χ4v) is 3.06. The highest BCUT2D eigenvalue weighted by Crippen LogP contribution is 2.24. The largest absolute Gasteiger partial charge is 0.354 e. The second kappa shape index (κ2) is 5.62. The number of rotatable bonds is 3. The number of nitrogens with two attached hydrogens (primary N) is 1. The van der Waals surface area contributed by atoms with Gasteiger partial charge in [0.1, 0.15) is 17.5 Å². The van der Waals surface area contributed by atoms with Gasteiger partial charge >= 0.3 is 0 Å². The van der Waals surface area contributed by atoms with Crippen molar-refractivity contribution in [2.24, 2.45) is 5.84 Å². The molecule has 7 heteroatoms. The van der Waals surface area contributed by atoms with E-state index in [1.807, 2.05) is 13.8 Å². The monoisotopic (exact) mass is 269 g/mol. The number of nitrogens with zero attached hydrogens (tertiary/aromatic N) is 3. The molecule has 2 heterocycles. The fraction of sp³-hybridized carbons (Fsp3) is 0.636. The summed E-state index contributed by atoms with van der Waals surface area (Å²) in [6, 6.07) is 0. The summed E-state index contributed by atoms with van der Waals surface area (Å²) in [6.07, 6.45) is 0.766. The first-order chi connectivity index (χ1) is 8.65. The molecule has 0 unspecified atom stereocenters. The summed E-state index contributed by atoms with van der Waals surface area (Å²) < 4.78 is 11.4. The van der Waals surface area contributed by atoms with Crippen LogP contribution in [0.1, 0.15) is 18.3 Å². The highest BCUT2D eigenvalue weighted by atomic mass is 32.2. The van der Waals surface area contributed by atoms with Crippen molar-refractivity contribution in [1.82, 2.24) is 9.97 Å². The number of aromatic nitrogens is 2. The van der Waals surface area contributed by atoms with Crippen LogP contribution in [0.5, 0.6) is 0 Å². The molecule has 0 aliphatic carbocycles. The Morgan fingerprint density at radius 3 is 2.61 bits per heavy atom. The Bertz CT molecular complexity index is 455. The summed E-state index contributed by atoms with van der Waals surface area (Å²) in [5.74, 6) is 9.25. The third-order valence-corrected chi connectivity index (χ3v) is 4.37. The van der Waals surface area contributed by atoms with Crippen LogP contribution in [0, 0.1) is 6.92 Å². The number of nitrogens with one attached hydrogen (secondary N) is 1. The lowest BCUT2D eigenvalue weighted by Crippen LogP contribution is -2.39. The van der Waals surface area contributed by atoms with Gasteiger partial charge in [0.05, 0.1) is 0 Å². The van der Waals surface area contributed by atoms with E-state index in [9.17, 15) is 4.21 Å². The molecule has 1 saturated heterocycles. The molecule has 1 fully saturated rings. The molecular weight excluding hydrogens is 250 g/mol. The van der Waals surface area contributed by atoms with Gasteiger partial charge in [-0.15, -0.1) is 0 Å². The van der Waals surface area contributed by atoms with Crippen LogP contribution in [0.3, 0.4) is 0 Å². The molecule has 0 saturated carbocycles. The number of hydrogen-bond acceptors (Lipinski definition) is 6. The maximum atomic E-state index is 11.4. The van der Waals surface area contributed by atoms with E-state index in [1.165, 1.54) is 0 Å². The summed E-state index contributed by atoms with van der Waals surface area (Å²) in [6.45, 7) is 5.52. The maximum absolute atomic E-state index is 11.4. The van der Waals surface area contributed by atoms with E-state index in [0.29, 0.717) is 17.3 Å². The van der Waals surface area contributed by atoms with Crippen molar-refractivity contribution < 1.29 is 4.21 Å². The highest BCUT2D eigenvalue weighted by molar-refractivity contribution is 7.85. The topological polar surface area (TPSA) is 84.1 Å². The second-order valence-corrected chi connectivity index (χ2v) is 5.97. The summed E-state index contributed by atoms with van der Waals surface area (Å²) in [5, 5.41) is 0. The van der Waals surface area contributed by atoms with Gasteiger partial charge in [-0.1, -0.05) is 6.92 Å². The van der Waals surface area contributed by atoms with Crippen molar-refractivity contribution in [2.45, 2.75) is 20.3 Å². The Labute approximate surface area is 109 Å². The van der Waals surface area contributed by atoms with Crippen molar-refractivity contribution in [3.63, 3.8) is 0 Å². The van der Waals surface area contributed by atoms with Crippen molar-refractivity contribution >= 4 is 22.4 Å². The Kier molecular flexibility index (Phi) is 4.13. The SMILES string of the molecule is CCc1nc(NN)c(C)c(N2CCS(=O)CC2)n1. The minimum absolute atomic E-state index is 0.670. The van der Waals surface area contributed by atoms with Gasteiger partial charge in [-0.2, -0.15) is 0 Å². The fourth-order valence-electron chi connectivity index (χ4n) is 2.01. The number of aryl methyl sites for hydroxylation is 1. The maximum Gasteiger partial charge on any atom is 0.148 e. The molecule has 3 N–H and O–H groups in total. The molecule has 0 amide bonds. The zero-order chi connectivity index (χ0) is 13.1. The van der Waals surface area contributed by atoms with Gasteiger partial charge in [0, 0.05) is 47.4 Å². The third kappa shape index (κ3) is 2.62. The van der Waals surface area contributed by atoms with E-state index in [2.05, 4.69) is 20.3 Å². The molecule has 0 bridgehead atoms. The lowest BCUT2D eigenvalue weighted by molar-refractivity contribution is 0.671. The molecule has 18 heavy (non-hydrogen) atoms. The summed E-state index contributed by atoms with van der Waals surface area (Å²) in [7, 11) is -0.681. The summed E-state index contributed by atoms with van der Waals surface area (Å²) in [5.41, 5.74) is 3.57. The number of anilines is 2. The van der Waals surface area contributed by atoms with Crippen LogP contribution < -0.4 is 16.2 Å². The molecular formula is C11H19N5OS. The van der Waals surface area contributed by atoms with Crippen LogP contribution in [-0.4, -0.2) is 38.8 Å². The lowest BCUT2D eigenvalue weighted by atomic mass is 10.2. The van der Waals surface area contributed by atoms with Crippen LogP contribution in [0.2, 0.25) is 0 Å². The van der Waals surface area contributed by atoms with Crippen molar-refractivity contribution in [3.8, 4) is 0 Å². The molecule has 1 aliphatic heterocycles. The van der Waals surface area contributed by atoms with E-state index < -0.39 is 10.8 Å². The average Bonchev–Trinajstić information content (AvgIpc) is 2.40. The Morgan fingerprint density at radius 1 is 1.39 bits per heavy atom. The Hall–Kier alpha value is -1.21. The number of hydrazine groups is 1. The van der Waals surface area contributed by atoms with Crippen molar-refractivity contribution in [2.75, 3.05) is 34.9 Å². The molecule has 0 radical (unpaired) electrons. The third-order valence-electron chi connectivity index (χ3n) is 3.10. The van der Waals surface area contributed by atoms with Gasteiger partial charge in [0.25, 0.3) is 0 Å².